The van der Waals surface area contributed by atoms with E-state index in [9.17, 15) is 0 Å². The number of nitrogens with one attached hydrogen (secondary N) is 1. The molecule has 20 heavy (non-hydrogen) atoms. The molecule has 0 aliphatic carbocycles. The number of aromatic nitrogens is 2. The highest BCUT2D eigenvalue weighted by Crippen LogP contribution is 2.22. The number of halogens is 2. The van der Waals surface area contributed by atoms with E-state index in [1.54, 1.807) is 13.2 Å². The predicted molar refractivity (Wildman–Crippen MR) is 83.9 cm³/mol. The van der Waals surface area contributed by atoms with Crippen molar-refractivity contribution in [2.24, 2.45) is 0 Å². The van der Waals surface area contributed by atoms with Crippen molar-refractivity contribution in [2.75, 3.05) is 12.4 Å². The third-order valence-corrected chi connectivity index (χ3v) is 3.41. The van der Waals surface area contributed by atoms with Gasteiger partial charge in [0.25, 0.3) is 0 Å². The maximum Gasteiger partial charge on any atom is 0.158 e. The zero-order chi connectivity index (χ0) is 14.5. The summed E-state index contributed by atoms with van der Waals surface area (Å²) in [6.45, 7) is 2.40. The van der Waals surface area contributed by atoms with E-state index in [4.69, 9.17) is 16.3 Å². The summed E-state index contributed by atoms with van der Waals surface area (Å²) in [5, 5.41) is 3.71. The normalized spacial score (nSPS) is 12.2. The second kappa shape index (κ2) is 7.02. The first-order chi connectivity index (χ1) is 9.58. The second-order valence-electron chi connectivity index (χ2n) is 4.35. The molecule has 2 rings (SSSR count). The molecule has 0 fully saturated rings. The Morgan fingerprint density at radius 3 is 2.85 bits per heavy atom. The van der Waals surface area contributed by atoms with Crippen LogP contribution in [0.2, 0.25) is 5.15 Å². The van der Waals surface area contributed by atoms with E-state index >= 15 is 0 Å². The summed E-state index contributed by atoms with van der Waals surface area (Å²) in [6, 6.07) is 9.93. The average molecular weight is 357 g/mol. The summed E-state index contributed by atoms with van der Waals surface area (Å²) in [7, 11) is 1.60. The van der Waals surface area contributed by atoms with Crippen molar-refractivity contribution in [3.8, 4) is 0 Å². The quantitative estimate of drug-likeness (QED) is 0.815. The molecule has 0 bridgehead atoms. The summed E-state index contributed by atoms with van der Waals surface area (Å²) in [5.41, 5.74) is 1.16. The Morgan fingerprint density at radius 2 is 2.15 bits per heavy atom. The molecule has 2 aromatic rings. The first-order valence-electron chi connectivity index (χ1n) is 6.13. The van der Waals surface area contributed by atoms with Gasteiger partial charge in [-0.15, -0.1) is 0 Å². The van der Waals surface area contributed by atoms with Gasteiger partial charge >= 0.3 is 0 Å². The van der Waals surface area contributed by atoms with Gasteiger partial charge in [0.2, 0.25) is 0 Å². The molecule has 1 unspecified atom stereocenters. The van der Waals surface area contributed by atoms with E-state index in [-0.39, 0.29) is 6.04 Å². The largest absolute Gasteiger partial charge is 0.377 e. The number of methoxy groups -OCH3 is 1. The van der Waals surface area contributed by atoms with Crippen LogP contribution in [-0.4, -0.2) is 17.1 Å². The van der Waals surface area contributed by atoms with Gasteiger partial charge in [-0.1, -0.05) is 39.7 Å². The molecule has 1 heterocycles. The lowest BCUT2D eigenvalue weighted by Crippen LogP contribution is -2.10. The Morgan fingerprint density at radius 1 is 1.35 bits per heavy atom. The van der Waals surface area contributed by atoms with Crippen molar-refractivity contribution in [1.29, 1.82) is 0 Å². The molecule has 0 spiro atoms. The molecule has 106 valence electrons. The number of hydrogen-bond acceptors (Lipinski definition) is 4. The van der Waals surface area contributed by atoms with E-state index in [2.05, 4.69) is 50.3 Å². The highest BCUT2D eigenvalue weighted by Gasteiger charge is 2.09. The SMILES string of the molecule is COCc1nc(Cl)cc(NC(C)c2cccc(Br)c2)n1. The van der Waals surface area contributed by atoms with E-state index in [0.717, 1.165) is 10.0 Å². The minimum absolute atomic E-state index is 0.105. The lowest BCUT2D eigenvalue weighted by Gasteiger charge is -2.16. The summed E-state index contributed by atoms with van der Waals surface area (Å²) in [4.78, 5) is 8.47. The van der Waals surface area contributed by atoms with Crippen molar-refractivity contribution < 1.29 is 4.74 Å². The summed E-state index contributed by atoms with van der Waals surface area (Å²) < 4.78 is 6.07. The van der Waals surface area contributed by atoms with Crippen LogP contribution in [0.3, 0.4) is 0 Å². The molecule has 1 atom stereocenters. The first-order valence-corrected chi connectivity index (χ1v) is 7.30. The molecule has 4 nitrogen and oxygen atoms in total. The molecule has 0 saturated carbocycles. The third kappa shape index (κ3) is 4.16. The van der Waals surface area contributed by atoms with E-state index in [0.29, 0.717) is 23.4 Å². The maximum absolute atomic E-state index is 5.99. The number of benzene rings is 1. The van der Waals surface area contributed by atoms with Crippen LogP contribution >= 0.6 is 27.5 Å². The third-order valence-electron chi connectivity index (χ3n) is 2.73. The summed E-state index contributed by atoms with van der Waals surface area (Å²) in [5.74, 6) is 1.24. The van der Waals surface area contributed by atoms with Crippen molar-refractivity contribution >= 4 is 33.3 Å². The minimum atomic E-state index is 0.105. The van der Waals surface area contributed by atoms with E-state index < -0.39 is 0 Å². The van der Waals surface area contributed by atoms with Gasteiger partial charge in [0.05, 0.1) is 0 Å². The van der Waals surface area contributed by atoms with E-state index in [1.165, 1.54) is 0 Å². The topological polar surface area (TPSA) is 47.0 Å². The van der Waals surface area contributed by atoms with Crippen molar-refractivity contribution in [1.82, 2.24) is 9.97 Å². The molecule has 1 aromatic carbocycles. The average Bonchev–Trinajstić information content (AvgIpc) is 2.38. The Hall–Kier alpha value is -1.17. The van der Waals surface area contributed by atoms with Crippen LogP contribution in [0.25, 0.3) is 0 Å². The fourth-order valence-corrected chi connectivity index (χ4v) is 2.43. The summed E-state index contributed by atoms with van der Waals surface area (Å²) >= 11 is 9.45. The summed E-state index contributed by atoms with van der Waals surface area (Å²) in [6.07, 6.45) is 0. The minimum Gasteiger partial charge on any atom is -0.377 e. The lowest BCUT2D eigenvalue weighted by atomic mass is 10.1. The highest BCUT2D eigenvalue weighted by molar-refractivity contribution is 9.10. The fraction of sp³-hybridized carbons (Fsp3) is 0.286. The van der Waals surface area contributed by atoms with Crippen LogP contribution in [0, 0.1) is 0 Å². The molecule has 0 aliphatic rings. The molecule has 1 aromatic heterocycles. The molecule has 0 amide bonds. The van der Waals surface area contributed by atoms with Crippen LogP contribution in [0.15, 0.2) is 34.8 Å². The molecular weight excluding hydrogens is 342 g/mol. The van der Waals surface area contributed by atoms with Gasteiger partial charge in [-0.3, -0.25) is 0 Å². The smallest absolute Gasteiger partial charge is 0.158 e. The predicted octanol–water partition coefficient (Wildman–Crippen LogP) is 4.21. The molecule has 0 aliphatic heterocycles. The number of anilines is 1. The molecule has 0 radical (unpaired) electrons. The number of rotatable bonds is 5. The Bertz CT molecular complexity index is 594. The van der Waals surface area contributed by atoms with Gasteiger partial charge in [0.15, 0.2) is 5.82 Å². The molecular formula is C14H15BrClN3O. The van der Waals surface area contributed by atoms with Crippen molar-refractivity contribution in [3.05, 3.63) is 51.3 Å². The van der Waals surface area contributed by atoms with Crippen LogP contribution in [0.5, 0.6) is 0 Å². The van der Waals surface area contributed by atoms with Gasteiger partial charge in [-0.05, 0) is 24.6 Å². The monoisotopic (exact) mass is 355 g/mol. The lowest BCUT2D eigenvalue weighted by molar-refractivity contribution is 0.178. The maximum atomic E-state index is 5.99. The zero-order valence-corrected chi connectivity index (χ0v) is 13.6. The fourth-order valence-electron chi connectivity index (χ4n) is 1.81. The Balaban J connectivity index is 2.16. The van der Waals surface area contributed by atoms with Crippen molar-refractivity contribution in [3.63, 3.8) is 0 Å². The Labute approximate surface area is 131 Å². The molecule has 1 N–H and O–H groups in total. The van der Waals surface area contributed by atoms with Crippen LogP contribution in [-0.2, 0) is 11.3 Å². The Kier molecular flexibility index (Phi) is 5.34. The molecule has 0 saturated heterocycles. The number of nitrogens with zero attached hydrogens (tertiary/aromatic N) is 2. The second-order valence-corrected chi connectivity index (χ2v) is 5.65. The van der Waals surface area contributed by atoms with Crippen LogP contribution < -0.4 is 5.32 Å². The van der Waals surface area contributed by atoms with Crippen molar-refractivity contribution in [2.45, 2.75) is 19.6 Å². The van der Waals surface area contributed by atoms with Crippen LogP contribution in [0.1, 0.15) is 24.4 Å². The van der Waals surface area contributed by atoms with Crippen LogP contribution in [0.4, 0.5) is 5.82 Å². The van der Waals surface area contributed by atoms with Gasteiger partial charge in [0.1, 0.15) is 17.6 Å². The number of ether oxygens (including phenoxy) is 1. The van der Waals surface area contributed by atoms with Gasteiger partial charge in [-0.2, -0.15) is 0 Å². The molecule has 6 heteroatoms. The standard InChI is InChI=1S/C14H15BrClN3O/c1-9(10-4-3-5-11(15)6-10)17-13-7-12(16)18-14(19-13)8-20-2/h3-7,9H,8H2,1-2H3,(H,17,18,19). The van der Waals surface area contributed by atoms with E-state index in [1.807, 2.05) is 12.1 Å². The highest BCUT2D eigenvalue weighted by atomic mass is 79.9. The number of hydrogen-bond donors (Lipinski definition) is 1. The zero-order valence-electron chi connectivity index (χ0n) is 11.2. The van der Waals surface area contributed by atoms with Gasteiger partial charge < -0.3 is 10.1 Å². The first kappa shape index (κ1) is 15.2. The van der Waals surface area contributed by atoms with Gasteiger partial charge in [-0.25, -0.2) is 9.97 Å². The van der Waals surface area contributed by atoms with Gasteiger partial charge in [0, 0.05) is 23.7 Å².